The standard InChI is InChI=1S/C12H17N5O/c1-3-5-17-6-4-14-10(17)7-9-8-11(18-2)16-12(13)15-9/h4,6,8H,3,5,7H2,1-2H3,(H2,13,15,16). The van der Waals surface area contributed by atoms with Gasteiger partial charge in [0, 0.05) is 31.4 Å². The van der Waals surface area contributed by atoms with Gasteiger partial charge in [0.05, 0.1) is 12.8 Å². The molecule has 96 valence electrons. The minimum Gasteiger partial charge on any atom is -0.481 e. The Morgan fingerprint density at radius 3 is 2.94 bits per heavy atom. The molecule has 2 heterocycles. The van der Waals surface area contributed by atoms with E-state index in [4.69, 9.17) is 10.5 Å². The predicted molar refractivity (Wildman–Crippen MR) is 68.3 cm³/mol. The molecule has 0 saturated carbocycles. The van der Waals surface area contributed by atoms with Crippen LogP contribution in [-0.2, 0) is 13.0 Å². The van der Waals surface area contributed by atoms with E-state index in [1.165, 1.54) is 0 Å². The van der Waals surface area contributed by atoms with Crippen molar-refractivity contribution in [2.45, 2.75) is 26.3 Å². The highest BCUT2D eigenvalue weighted by Crippen LogP contribution is 2.13. The first-order valence-corrected chi connectivity index (χ1v) is 5.90. The van der Waals surface area contributed by atoms with Crippen molar-refractivity contribution in [3.05, 3.63) is 30.0 Å². The van der Waals surface area contributed by atoms with Crippen LogP contribution in [-0.4, -0.2) is 26.6 Å². The normalized spacial score (nSPS) is 10.6. The molecule has 0 spiro atoms. The van der Waals surface area contributed by atoms with Crippen molar-refractivity contribution < 1.29 is 4.74 Å². The molecule has 6 nitrogen and oxygen atoms in total. The Kier molecular flexibility index (Phi) is 3.76. The summed E-state index contributed by atoms with van der Waals surface area (Å²) in [6.45, 7) is 3.09. The monoisotopic (exact) mass is 247 g/mol. The van der Waals surface area contributed by atoms with Crippen LogP contribution in [0.5, 0.6) is 5.88 Å². The van der Waals surface area contributed by atoms with Crippen LogP contribution in [0.1, 0.15) is 24.9 Å². The number of rotatable bonds is 5. The minimum atomic E-state index is 0.220. The maximum atomic E-state index is 5.63. The van der Waals surface area contributed by atoms with E-state index >= 15 is 0 Å². The van der Waals surface area contributed by atoms with Gasteiger partial charge in [-0.3, -0.25) is 0 Å². The van der Waals surface area contributed by atoms with Gasteiger partial charge in [0.2, 0.25) is 11.8 Å². The van der Waals surface area contributed by atoms with E-state index in [-0.39, 0.29) is 5.95 Å². The summed E-state index contributed by atoms with van der Waals surface area (Å²) in [5, 5.41) is 0. The number of nitrogens with two attached hydrogens (primary N) is 1. The zero-order valence-corrected chi connectivity index (χ0v) is 10.6. The molecule has 2 aromatic rings. The molecule has 2 rings (SSSR count). The Morgan fingerprint density at radius 1 is 1.39 bits per heavy atom. The van der Waals surface area contributed by atoms with Gasteiger partial charge in [0.25, 0.3) is 0 Å². The average Bonchev–Trinajstić information content (AvgIpc) is 2.76. The minimum absolute atomic E-state index is 0.220. The van der Waals surface area contributed by atoms with E-state index in [1.807, 2.05) is 6.20 Å². The quantitative estimate of drug-likeness (QED) is 0.860. The number of hydrogen-bond donors (Lipinski definition) is 1. The van der Waals surface area contributed by atoms with E-state index in [1.54, 1.807) is 19.4 Å². The van der Waals surface area contributed by atoms with Crippen LogP contribution in [0.4, 0.5) is 5.95 Å². The summed E-state index contributed by atoms with van der Waals surface area (Å²) in [5.74, 6) is 1.67. The molecule has 0 aliphatic carbocycles. The lowest BCUT2D eigenvalue weighted by atomic mass is 10.3. The van der Waals surface area contributed by atoms with Crippen LogP contribution < -0.4 is 10.5 Å². The van der Waals surface area contributed by atoms with Gasteiger partial charge in [-0.05, 0) is 6.42 Å². The summed E-state index contributed by atoms with van der Waals surface area (Å²) in [6, 6.07) is 1.78. The second-order valence-corrected chi connectivity index (χ2v) is 3.97. The maximum Gasteiger partial charge on any atom is 0.223 e. The van der Waals surface area contributed by atoms with Gasteiger partial charge >= 0.3 is 0 Å². The number of aryl methyl sites for hydroxylation is 1. The fourth-order valence-electron chi connectivity index (χ4n) is 1.80. The number of imidazole rings is 1. The molecule has 0 amide bonds. The summed E-state index contributed by atoms with van der Waals surface area (Å²) in [7, 11) is 1.56. The molecule has 0 aromatic carbocycles. The Bertz CT molecular complexity index is 523. The number of ether oxygens (including phenoxy) is 1. The van der Waals surface area contributed by atoms with Crippen molar-refractivity contribution in [3.63, 3.8) is 0 Å². The highest BCUT2D eigenvalue weighted by Gasteiger charge is 2.07. The van der Waals surface area contributed by atoms with Crippen molar-refractivity contribution in [1.82, 2.24) is 19.5 Å². The van der Waals surface area contributed by atoms with E-state index in [9.17, 15) is 0 Å². The maximum absolute atomic E-state index is 5.63. The zero-order valence-electron chi connectivity index (χ0n) is 10.6. The molecule has 0 radical (unpaired) electrons. The highest BCUT2D eigenvalue weighted by molar-refractivity contribution is 5.27. The third-order valence-electron chi connectivity index (χ3n) is 2.59. The average molecular weight is 247 g/mol. The number of nitrogen functional groups attached to an aromatic ring is 1. The zero-order chi connectivity index (χ0) is 13.0. The first kappa shape index (κ1) is 12.3. The summed E-state index contributed by atoms with van der Waals surface area (Å²) < 4.78 is 7.19. The number of hydrogen-bond acceptors (Lipinski definition) is 5. The van der Waals surface area contributed by atoms with Crippen molar-refractivity contribution in [2.24, 2.45) is 0 Å². The van der Waals surface area contributed by atoms with E-state index in [0.717, 1.165) is 24.5 Å². The Balaban J connectivity index is 2.22. The smallest absolute Gasteiger partial charge is 0.223 e. The third-order valence-corrected chi connectivity index (χ3v) is 2.59. The third kappa shape index (κ3) is 2.77. The summed E-state index contributed by atoms with van der Waals surface area (Å²) >= 11 is 0. The molecule has 0 fully saturated rings. The first-order valence-electron chi connectivity index (χ1n) is 5.90. The molecule has 0 saturated heterocycles. The highest BCUT2D eigenvalue weighted by atomic mass is 16.5. The predicted octanol–water partition coefficient (Wildman–Crippen LogP) is 1.26. The molecular formula is C12H17N5O. The summed E-state index contributed by atoms with van der Waals surface area (Å²) in [4.78, 5) is 12.5. The number of nitrogens with zero attached hydrogens (tertiary/aromatic N) is 4. The van der Waals surface area contributed by atoms with Crippen molar-refractivity contribution in [3.8, 4) is 5.88 Å². The number of aromatic nitrogens is 4. The van der Waals surface area contributed by atoms with Gasteiger partial charge in [-0.15, -0.1) is 0 Å². The lowest BCUT2D eigenvalue weighted by molar-refractivity contribution is 0.397. The number of anilines is 1. The second kappa shape index (κ2) is 5.48. The van der Waals surface area contributed by atoms with Crippen LogP contribution in [0, 0.1) is 0 Å². The Labute approximate surface area is 106 Å². The SMILES string of the molecule is CCCn1ccnc1Cc1cc(OC)nc(N)n1. The molecule has 18 heavy (non-hydrogen) atoms. The summed E-state index contributed by atoms with van der Waals surface area (Å²) in [5.41, 5.74) is 6.44. The first-order chi connectivity index (χ1) is 8.72. The van der Waals surface area contributed by atoms with Gasteiger partial charge < -0.3 is 15.0 Å². The van der Waals surface area contributed by atoms with Crippen LogP contribution in [0.3, 0.4) is 0 Å². The van der Waals surface area contributed by atoms with Crippen LogP contribution >= 0.6 is 0 Å². The van der Waals surface area contributed by atoms with Gasteiger partial charge in [-0.25, -0.2) is 9.97 Å². The van der Waals surface area contributed by atoms with Gasteiger partial charge in [-0.1, -0.05) is 6.92 Å². The lowest BCUT2D eigenvalue weighted by Gasteiger charge is -2.07. The topological polar surface area (TPSA) is 78.8 Å². The van der Waals surface area contributed by atoms with Gasteiger partial charge in [0.15, 0.2) is 0 Å². The van der Waals surface area contributed by atoms with E-state index in [0.29, 0.717) is 12.3 Å². The molecule has 0 atom stereocenters. The summed E-state index contributed by atoms with van der Waals surface area (Å²) in [6.07, 6.45) is 5.46. The largest absolute Gasteiger partial charge is 0.481 e. The molecule has 0 aliphatic rings. The van der Waals surface area contributed by atoms with Crippen LogP contribution in [0.2, 0.25) is 0 Å². The molecule has 2 aromatic heterocycles. The van der Waals surface area contributed by atoms with E-state index in [2.05, 4.69) is 26.4 Å². The fraction of sp³-hybridized carbons (Fsp3) is 0.417. The lowest BCUT2D eigenvalue weighted by Crippen LogP contribution is -2.07. The fourth-order valence-corrected chi connectivity index (χ4v) is 1.80. The van der Waals surface area contributed by atoms with Crippen molar-refractivity contribution in [2.75, 3.05) is 12.8 Å². The number of methoxy groups -OCH3 is 1. The van der Waals surface area contributed by atoms with Crippen molar-refractivity contribution >= 4 is 5.95 Å². The van der Waals surface area contributed by atoms with Crippen molar-refractivity contribution in [1.29, 1.82) is 0 Å². The van der Waals surface area contributed by atoms with Crippen LogP contribution in [0.15, 0.2) is 18.5 Å². The second-order valence-electron chi connectivity index (χ2n) is 3.97. The molecule has 6 heteroatoms. The van der Waals surface area contributed by atoms with Gasteiger partial charge in [0.1, 0.15) is 5.82 Å². The Hall–Kier alpha value is -2.11. The van der Waals surface area contributed by atoms with Crippen LogP contribution in [0.25, 0.3) is 0 Å². The molecule has 0 aliphatic heterocycles. The molecule has 2 N–H and O–H groups in total. The van der Waals surface area contributed by atoms with E-state index < -0.39 is 0 Å². The molecule has 0 unspecified atom stereocenters. The van der Waals surface area contributed by atoms with Gasteiger partial charge in [-0.2, -0.15) is 4.98 Å². The molecular weight excluding hydrogens is 230 g/mol. The Morgan fingerprint density at radius 2 is 2.22 bits per heavy atom. The molecule has 0 bridgehead atoms.